The van der Waals surface area contributed by atoms with Crippen LogP contribution in [0.1, 0.15) is 17.3 Å². The van der Waals surface area contributed by atoms with Crippen LogP contribution in [-0.2, 0) is 9.53 Å². The van der Waals surface area contributed by atoms with Crippen LogP contribution in [0.2, 0.25) is 0 Å². The molecule has 0 fully saturated rings. The summed E-state index contributed by atoms with van der Waals surface area (Å²) in [6, 6.07) is 3.19. The van der Waals surface area contributed by atoms with E-state index >= 15 is 0 Å². The number of methoxy groups -OCH3 is 1. The van der Waals surface area contributed by atoms with Gasteiger partial charge in [0, 0.05) is 13.6 Å². The van der Waals surface area contributed by atoms with Gasteiger partial charge in [0.2, 0.25) is 0 Å². The molecule has 0 aliphatic carbocycles. The second kappa shape index (κ2) is 6.26. The Labute approximate surface area is 110 Å². The van der Waals surface area contributed by atoms with Gasteiger partial charge in [0.15, 0.2) is 0 Å². The van der Waals surface area contributed by atoms with E-state index in [4.69, 9.17) is 0 Å². The minimum Gasteiger partial charge on any atom is -0.469 e. The van der Waals surface area contributed by atoms with E-state index in [1.807, 2.05) is 0 Å². The van der Waals surface area contributed by atoms with Gasteiger partial charge in [-0.1, -0.05) is 13.0 Å². The molecule has 1 amide bonds. The number of nitrogens with zero attached hydrogens (tertiary/aromatic N) is 1. The number of esters is 1. The van der Waals surface area contributed by atoms with Gasteiger partial charge in [-0.05, 0) is 12.1 Å². The number of benzene rings is 1. The van der Waals surface area contributed by atoms with Gasteiger partial charge in [0.1, 0.15) is 17.2 Å². The molecule has 0 aliphatic heterocycles. The Bertz CT molecular complexity index is 471. The maximum Gasteiger partial charge on any atom is 0.310 e. The summed E-state index contributed by atoms with van der Waals surface area (Å²) in [4.78, 5) is 24.2. The van der Waals surface area contributed by atoms with E-state index in [9.17, 15) is 18.4 Å². The van der Waals surface area contributed by atoms with Gasteiger partial charge in [0.05, 0.1) is 13.0 Å². The predicted octanol–water partition coefficient (Wildman–Crippen LogP) is 1.85. The van der Waals surface area contributed by atoms with Gasteiger partial charge in [-0.25, -0.2) is 8.78 Å². The Hall–Kier alpha value is -1.98. The molecule has 1 unspecified atom stereocenters. The van der Waals surface area contributed by atoms with Crippen molar-refractivity contribution < 1.29 is 23.1 Å². The molecule has 0 spiro atoms. The molecule has 1 aromatic carbocycles. The average molecular weight is 271 g/mol. The molecule has 0 saturated heterocycles. The van der Waals surface area contributed by atoms with Crippen LogP contribution < -0.4 is 0 Å². The summed E-state index contributed by atoms with van der Waals surface area (Å²) < 4.78 is 31.4. The highest BCUT2D eigenvalue weighted by Gasteiger charge is 2.24. The minimum absolute atomic E-state index is 0.0132. The van der Waals surface area contributed by atoms with E-state index in [2.05, 4.69) is 4.74 Å². The maximum absolute atomic E-state index is 13.4. The summed E-state index contributed by atoms with van der Waals surface area (Å²) in [6.45, 7) is 1.58. The molecule has 0 heterocycles. The summed E-state index contributed by atoms with van der Waals surface area (Å²) in [5, 5.41) is 0. The fourth-order valence-corrected chi connectivity index (χ4v) is 1.66. The van der Waals surface area contributed by atoms with Gasteiger partial charge in [-0.3, -0.25) is 9.59 Å². The number of halogens is 2. The average Bonchev–Trinajstić information content (AvgIpc) is 2.37. The molecule has 0 bridgehead atoms. The number of hydrogen-bond donors (Lipinski definition) is 0. The monoisotopic (exact) mass is 271 g/mol. The lowest BCUT2D eigenvalue weighted by atomic mass is 10.1. The van der Waals surface area contributed by atoms with E-state index in [1.54, 1.807) is 6.92 Å². The SMILES string of the molecule is COC(=O)C(C)CN(C)C(=O)c1c(F)cccc1F. The molecule has 0 N–H and O–H groups in total. The van der Waals surface area contributed by atoms with Gasteiger partial charge < -0.3 is 9.64 Å². The standard InChI is InChI=1S/C13H15F2NO3/c1-8(13(18)19-3)7-16(2)12(17)11-9(14)5-4-6-10(11)15/h4-6,8H,7H2,1-3H3. The third-order valence-electron chi connectivity index (χ3n) is 2.67. The second-order valence-corrected chi connectivity index (χ2v) is 4.21. The van der Waals surface area contributed by atoms with Crippen molar-refractivity contribution in [3.63, 3.8) is 0 Å². The Morgan fingerprint density at radius 3 is 2.32 bits per heavy atom. The van der Waals surface area contributed by atoms with Gasteiger partial charge in [0.25, 0.3) is 5.91 Å². The molecular weight excluding hydrogens is 256 g/mol. The van der Waals surface area contributed by atoms with E-state index in [1.165, 1.54) is 20.2 Å². The van der Waals surface area contributed by atoms with Crippen molar-refractivity contribution in [1.29, 1.82) is 0 Å². The molecule has 1 atom stereocenters. The molecule has 4 nitrogen and oxygen atoms in total. The second-order valence-electron chi connectivity index (χ2n) is 4.21. The smallest absolute Gasteiger partial charge is 0.310 e. The van der Waals surface area contributed by atoms with Gasteiger partial charge in [-0.2, -0.15) is 0 Å². The third kappa shape index (κ3) is 3.49. The van der Waals surface area contributed by atoms with Crippen molar-refractivity contribution in [2.75, 3.05) is 20.7 Å². The molecule has 104 valence electrons. The van der Waals surface area contributed by atoms with Crippen LogP contribution in [0.25, 0.3) is 0 Å². The Morgan fingerprint density at radius 1 is 1.32 bits per heavy atom. The van der Waals surface area contributed by atoms with E-state index in [0.717, 1.165) is 17.0 Å². The molecule has 19 heavy (non-hydrogen) atoms. The van der Waals surface area contributed by atoms with Crippen LogP contribution in [0, 0.1) is 17.6 Å². The lowest BCUT2D eigenvalue weighted by Gasteiger charge is -2.20. The number of ether oxygens (including phenoxy) is 1. The highest BCUT2D eigenvalue weighted by molar-refractivity contribution is 5.94. The first-order chi connectivity index (χ1) is 8.88. The molecular formula is C13H15F2NO3. The van der Waals surface area contributed by atoms with Crippen molar-refractivity contribution in [3.8, 4) is 0 Å². The molecule has 0 aromatic heterocycles. The van der Waals surface area contributed by atoms with Crippen LogP contribution in [-0.4, -0.2) is 37.5 Å². The summed E-state index contributed by atoms with van der Waals surface area (Å²) >= 11 is 0. The van der Waals surface area contributed by atoms with E-state index in [0.29, 0.717) is 0 Å². The molecule has 1 rings (SSSR count). The molecule has 0 radical (unpaired) electrons. The highest BCUT2D eigenvalue weighted by Crippen LogP contribution is 2.15. The zero-order chi connectivity index (χ0) is 14.6. The van der Waals surface area contributed by atoms with Crippen molar-refractivity contribution in [2.24, 2.45) is 5.92 Å². The lowest BCUT2D eigenvalue weighted by Crippen LogP contribution is -2.35. The first kappa shape index (κ1) is 15.1. The van der Waals surface area contributed by atoms with Crippen LogP contribution in [0.15, 0.2) is 18.2 Å². The summed E-state index contributed by atoms with van der Waals surface area (Å²) in [6.07, 6.45) is 0. The van der Waals surface area contributed by atoms with Crippen molar-refractivity contribution in [2.45, 2.75) is 6.92 Å². The summed E-state index contributed by atoms with van der Waals surface area (Å²) in [5.41, 5.74) is -0.623. The summed E-state index contributed by atoms with van der Waals surface area (Å²) in [7, 11) is 2.60. The molecule has 1 aromatic rings. The quantitative estimate of drug-likeness (QED) is 0.785. The van der Waals surface area contributed by atoms with Crippen molar-refractivity contribution in [3.05, 3.63) is 35.4 Å². The normalized spacial score (nSPS) is 11.8. The number of rotatable bonds is 4. The van der Waals surface area contributed by atoms with Crippen molar-refractivity contribution >= 4 is 11.9 Å². The first-order valence-corrected chi connectivity index (χ1v) is 5.65. The van der Waals surface area contributed by atoms with Gasteiger partial charge >= 0.3 is 5.97 Å². The van der Waals surface area contributed by atoms with Gasteiger partial charge in [-0.15, -0.1) is 0 Å². The maximum atomic E-state index is 13.4. The van der Waals surface area contributed by atoms with Crippen LogP contribution in [0.4, 0.5) is 8.78 Å². The minimum atomic E-state index is -0.928. The molecule has 0 aliphatic rings. The number of hydrogen-bond acceptors (Lipinski definition) is 3. The molecule has 6 heteroatoms. The lowest BCUT2D eigenvalue weighted by molar-refractivity contribution is -0.145. The van der Waals surface area contributed by atoms with Crippen LogP contribution >= 0.6 is 0 Å². The van der Waals surface area contributed by atoms with E-state index < -0.39 is 35.0 Å². The molecule has 0 saturated carbocycles. The first-order valence-electron chi connectivity index (χ1n) is 5.65. The fourth-order valence-electron chi connectivity index (χ4n) is 1.66. The zero-order valence-electron chi connectivity index (χ0n) is 10.9. The van der Waals surface area contributed by atoms with Crippen molar-refractivity contribution in [1.82, 2.24) is 4.90 Å². The Morgan fingerprint density at radius 2 is 1.84 bits per heavy atom. The Balaban J connectivity index is 2.86. The summed E-state index contributed by atoms with van der Waals surface area (Å²) in [5.74, 6) is -3.74. The van der Waals surface area contributed by atoms with E-state index in [-0.39, 0.29) is 6.54 Å². The third-order valence-corrected chi connectivity index (χ3v) is 2.67. The Kier molecular flexibility index (Phi) is 4.97. The van der Waals surface area contributed by atoms with Crippen LogP contribution in [0.3, 0.4) is 0 Å². The largest absolute Gasteiger partial charge is 0.469 e. The predicted molar refractivity (Wildman–Crippen MR) is 64.5 cm³/mol. The number of carbonyl (C=O) groups is 2. The number of carbonyl (C=O) groups excluding carboxylic acids is 2. The number of amides is 1. The fraction of sp³-hybridized carbons (Fsp3) is 0.385. The highest BCUT2D eigenvalue weighted by atomic mass is 19.1. The topological polar surface area (TPSA) is 46.6 Å². The zero-order valence-corrected chi connectivity index (χ0v) is 10.9. The van der Waals surface area contributed by atoms with Crippen LogP contribution in [0.5, 0.6) is 0 Å².